The van der Waals surface area contributed by atoms with Crippen LogP contribution >= 0.6 is 0 Å². The minimum atomic E-state index is -4.41. The van der Waals surface area contributed by atoms with Crippen LogP contribution in [0.15, 0.2) is 24.3 Å². The summed E-state index contributed by atoms with van der Waals surface area (Å²) in [4.78, 5) is 23.4. The molecule has 23 heavy (non-hydrogen) atoms. The van der Waals surface area contributed by atoms with Gasteiger partial charge in [0.05, 0.1) is 6.42 Å². The van der Waals surface area contributed by atoms with Crippen molar-refractivity contribution < 1.29 is 27.9 Å². The molecule has 0 saturated carbocycles. The first kappa shape index (κ1) is 19.0. The molecule has 0 bridgehead atoms. The second-order valence-corrected chi connectivity index (χ2v) is 5.23. The molecule has 0 saturated heterocycles. The SMILES string of the molecule is CC(CCO)CNC(=O)C(=O)Nc1ccccc1CC(F)(F)F. The van der Waals surface area contributed by atoms with Gasteiger partial charge in [-0.05, 0) is 24.0 Å². The first-order valence-electron chi connectivity index (χ1n) is 7.07. The third-order valence-electron chi connectivity index (χ3n) is 3.10. The summed E-state index contributed by atoms with van der Waals surface area (Å²) in [7, 11) is 0. The molecule has 0 spiro atoms. The number of halogens is 3. The molecule has 0 radical (unpaired) electrons. The number of alkyl halides is 3. The topological polar surface area (TPSA) is 78.4 Å². The van der Waals surface area contributed by atoms with Crippen LogP contribution < -0.4 is 10.6 Å². The first-order chi connectivity index (χ1) is 10.7. The zero-order valence-electron chi connectivity index (χ0n) is 12.6. The zero-order valence-corrected chi connectivity index (χ0v) is 12.6. The lowest BCUT2D eigenvalue weighted by Crippen LogP contribution is -2.38. The lowest BCUT2D eigenvalue weighted by molar-refractivity contribution is -0.136. The molecule has 2 amide bonds. The van der Waals surface area contributed by atoms with Gasteiger partial charge in [0.15, 0.2) is 0 Å². The molecule has 0 fully saturated rings. The van der Waals surface area contributed by atoms with Crippen molar-refractivity contribution in [3.05, 3.63) is 29.8 Å². The Kier molecular flexibility index (Phi) is 7.02. The van der Waals surface area contributed by atoms with Crippen LogP contribution in [-0.4, -0.2) is 36.2 Å². The summed E-state index contributed by atoms with van der Waals surface area (Å²) in [5.41, 5.74) is -0.164. The van der Waals surface area contributed by atoms with Crippen molar-refractivity contribution in [1.29, 1.82) is 0 Å². The van der Waals surface area contributed by atoms with Gasteiger partial charge in [-0.3, -0.25) is 9.59 Å². The lowest BCUT2D eigenvalue weighted by Gasteiger charge is -2.14. The van der Waals surface area contributed by atoms with E-state index in [0.717, 1.165) is 0 Å². The van der Waals surface area contributed by atoms with Gasteiger partial charge in [0, 0.05) is 18.8 Å². The van der Waals surface area contributed by atoms with E-state index >= 15 is 0 Å². The van der Waals surface area contributed by atoms with Crippen molar-refractivity contribution in [2.45, 2.75) is 25.9 Å². The minimum Gasteiger partial charge on any atom is -0.396 e. The van der Waals surface area contributed by atoms with Gasteiger partial charge in [0.1, 0.15) is 0 Å². The Morgan fingerprint density at radius 2 is 1.87 bits per heavy atom. The lowest BCUT2D eigenvalue weighted by atomic mass is 10.1. The van der Waals surface area contributed by atoms with Crippen LogP contribution in [0.1, 0.15) is 18.9 Å². The number of anilines is 1. The number of carbonyl (C=O) groups excluding carboxylic acids is 2. The van der Waals surface area contributed by atoms with Crippen molar-refractivity contribution in [3.8, 4) is 0 Å². The van der Waals surface area contributed by atoms with Crippen molar-refractivity contribution in [1.82, 2.24) is 5.32 Å². The number of hydrogen-bond acceptors (Lipinski definition) is 3. The van der Waals surface area contributed by atoms with E-state index < -0.39 is 24.4 Å². The number of rotatable bonds is 6. The van der Waals surface area contributed by atoms with Crippen molar-refractivity contribution in [3.63, 3.8) is 0 Å². The van der Waals surface area contributed by atoms with Gasteiger partial charge in [-0.15, -0.1) is 0 Å². The number of aliphatic hydroxyl groups excluding tert-OH is 1. The fourth-order valence-corrected chi connectivity index (χ4v) is 1.86. The fraction of sp³-hybridized carbons (Fsp3) is 0.467. The van der Waals surface area contributed by atoms with E-state index in [0.29, 0.717) is 6.42 Å². The van der Waals surface area contributed by atoms with E-state index in [-0.39, 0.29) is 30.3 Å². The summed E-state index contributed by atoms with van der Waals surface area (Å²) in [6.45, 7) is 1.94. The highest BCUT2D eigenvalue weighted by atomic mass is 19.4. The molecule has 0 heterocycles. The summed E-state index contributed by atoms with van der Waals surface area (Å²) >= 11 is 0. The maximum atomic E-state index is 12.5. The average Bonchev–Trinajstić information content (AvgIpc) is 2.45. The normalized spacial score (nSPS) is 12.6. The summed E-state index contributed by atoms with van der Waals surface area (Å²) in [6.07, 6.45) is -5.14. The number of amides is 2. The van der Waals surface area contributed by atoms with Crippen LogP contribution in [0.5, 0.6) is 0 Å². The Morgan fingerprint density at radius 3 is 2.48 bits per heavy atom. The molecule has 0 aromatic heterocycles. The molecular formula is C15H19F3N2O3. The minimum absolute atomic E-state index is 0.0192. The molecule has 1 aromatic rings. The average molecular weight is 332 g/mol. The van der Waals surface area contributed by atoms with E-state index in [4.69, 9.17) is 5.11 Å². The van der Waals surface area contributed by atoms with E-state index in [9.17, 15) is 22.8 Å². The third-order valence-corrected chi connectivity index (χ3v) is 3.10. The Hall–Kier alpha value is -2.09. The maximum Gasteiger partial charge on any atom is 0.393 e. The number of benzene rings is 1. The molecule has 1 atom stereocenters. The predicted molar refractivity (Wildman–Crippen MR) is 78.7 cm³/mol. The summed E-state index contributed by atoms with van der Waals surface area (Å²) in [6, 6.07) is 5.44. The van der Waals surface area contributed by atoms with Crippen LogP contribution in [0, 0.1) is 5.92 Å². The van der Waals surface area contributed by atoms with E-state index in [1.54, 1.807) is 6.92 Å². The number of nitrogens with one attached hydrogen (secondary N) is 2. The highest BCUT2D eigenvalue weighted by molar-refractivity contribution is 6.39. The van der Waals surface area contributed by atoms with E-state index in [1.807, 2.05) is 0 Å². The van der Waals surface area contributed by atoms with E-state index in [1.165, 1.54) is 24.3 Å². The predicted octanol–water partition coefficient (Wildman–Crippen LogP) is 1.86. The molecule has 0 aliphatic carbocycles. The maximum absolute atomic E-state index is 12.5. The van der Waals surface area contributed by atoms with Crippen molar-refractivity contribution in [2.75, 3.05) is 18.5 Å². The van der Waals surface area contributed by atoms with Crippen molar-refractivity contribution >= 4 is 17.5 Å². The second kappa shape index (κ2) is 8.52. The fourth-order valence-electron chi connectivity index (χ4n) is 1.86. The molecule has 0 aliphatic heterocycles. The Labute approximate surface area is 131 Å². The number of carbonyl (C=O) groups is 2. The standard InChI is InChI=1S/C15H19F3N2O3/c1-10(6-7-21)9-19-13(22)14(23)20-12-5-3-2-4-11(12)8-15(16,17)18/h2-5,10,21H,6-9H2,1H3,(H,19,22)(H,20,23). The monoisotopic (exact) mass is 332 g/mol. The van der Waals surface area contributed by atoms with Gasteiger partial charge in [-0.25, -0.2) is 0 Å². The van der Waals surface area contributed by atoms with Crippen molar-refractivity contribution in [2.24, 2.45) is 5.92 Å². The van der Waals surface area contributed by atoms with Crippen LogP contribution in [-0.2, 0) is 16.0 Å². The molecule has 1 aromatic carbocycles. The van der Waals surface area contributed by atoms with Gasteiger partial charge < -0.3 is 15.7 Å². The summed E-state index contributed by atoms with van der Waals surface area (Å²) in [5, 5.41) is 13.3. The van der Waals surface area contributed by atoms with E-state index in [2.05, 4.69) is 10.6 Å². The quantitative estimate of drug-likeness (QED) is 0.696. The zero-order chi connectivity index (χ0) is 17.5. The van der Waals surface area contributed by atoms with Gasteiger partial charge >= 0.3 is 18.0 Å². The molecule has 1 unspecified atom stereocenters. The molecule has 1 rings (SSSR count). The molecular weight excluding hydrogens is 313 g/mol. The summed E-state index contributed by atoms with van der Waals surface area (Å²) in [5.74, 6) is -1.98. The highest BCUT2D eigenvalue weighted by Crippen LogP contribution is 2.25. The Morgan fingerprint density at radius 1 is 1.22 bits per heavy atom. The van der Waals surface area contributed by atoms with Crippen LogP contribution in [0.4, 0.5) is 18.9 Å². The van der Waals surface area contributed by atoms with Crippen LogP contribution in [0.25, 0.3) is 0 Å². The molecule has 8 heteroatoms. The smallest absolute Gasteiger partial charge is 0.393 e. The molecule has 128 valence electrons. The Balaban J connectivity index is 2.65. The van der Waals surface area contributed by atoms with Crippen LogP contribution in [0.2, 0.25) is 0 Å². The molecule has 5 nitrogen and oxygen atoms in total. The van der Waals surface area contributed by atoms with Gasteiger partial charge in [-0.2, -0.15) is 13.2 Å². The number of aliphatic hydroxyl groups is 1. The van der Waals surface area contributed by atoms with Crippen LogP contribution in [0.3, 0.4) is 0 Å². The highest BCUT2D eigenvalue weighted by Gasteiger charge is 2.29. The third kappa shape index (κ3) is 7.14. The van der Waals surface area contributed by atoms with Gasteiger partial charge in [0.25, 0.3) is 0 Å². The largest absolute Gasteiger partial charge is 0.396 e. The Bertz CT molecular complexity index is 547. The second-order valence-electron chi connectivity index (χ2n) is 5.23. The number of para-hydroxylation sites is 1. The van der Waals surface area contributed by atoms with Gasteiger partial charge in [0.2, 0.25) is 0 Å². The van der Waals surface area contributed by atoms with Gasteiger partial charge in [-0.1, -0.05) is 25.1 Å². The summed E-state index contributed by atoms with van der Waals surface area (Å²) < 4.78 is 37.5. The first-order valence-corrected chi connectivity index (χ1v) is 7.07. The molecule has 0 aliphatic rings. The molecule has 3 N–H and O–H groups in total. The number of hydrogen-bond donors (Lipinski definition) is 3.